The lowest BCUT2D eigenvalue weighted by Gasteiger charge is -2.15. The SMILES string of the molecule is C[C@@H](COc1ccc2c(cnn2-c2ccc(F)cc2)c1)NS(=O)(=O)c1ccc(-c2cc(C(F)(F)F)n(C)n2)s1. The first-order chi connectivity index (χ1) is 18.4. The number of ether oxygens (including phenoxy) is 1. The van der Waals surface area contributed by atoms with Gasteiger partial charge in [0.15, 0.2) is 0 Å². The van der Waals surface area contributed by atoms with Crippen LogP contribution in [-0.2, 0) is 23.2 Å². The number of sulfonamides is 1. The molecule has 1 atom stereocenters. The molecule has 8 nitrogen and oxygen atoms in total. The van der Waals surface area contributed by atoms with E-state index in [1.54, 1.807) is 48.1 Å². The third-order valence-electron chi connectivity index (χ3n) is 5.74. The van der Waals surface area contributed by atoms with E-state index >= 15 is 0 Å². The number of aryl methyl sites for hydroxylation is 1. The van der Waals surface area contributed by atoms with Gasteiger partial charge in [0.1, 0.15) is 33.8 Å². The maximum Gasteiger partial charge on any atom is 0.433 e. The first-order valence-corrected chi connectivity index (χ1v) is 13.8. The van der Waals surface area contributed by atoms with Crippen LogP contribution >= 0.6 is 11.3 Å². The molecule has 5 aromatic rings. The summed E-state index contributed by atoms with van der Waals surface area (Å²) in [6.45, 7) is 1.65. The Labute approximate surface area is 224 Å². The van der Waals surface area contributed by atoms with Crippen molar-refractivity contribution in [3.63, 3.8) is 0 Å². The van der Waals surface area contributed by atoms with Crippen LogP contribution in [0.5, 0.6) is 5.75 Å². The van der Waals surface area contributed by atoms with E-state index in [0.29, 0.717) is 21.0 Å². The highest BCUT2D eigenvalue weighted by Gasteiger charge is 2.35. The van der Waals surface area contributed by atoms with E-state index in [-0.39, 0.29) is 22.3 Å². The van der Waals surface area contributed by atoms with Crippen LogP contribution in [0.1, 0.15) is 12.6 Å². The Kier molecular flexibility index (Phi) is 6.95. The van der Waals surface area contributed by atoms with Gasteiger partial charge in [0.2, 0.25) is 10.0 Å². The van der Waals surface area contributed by atoms with E-state index in [1.807, 2.05) is 0 Å². The molecule has 0 radical (unpaired) electrons. The Balaban J connectivity index is 1.23. The van der Waals surface area contributed by atoms with Crippen LogP contribution in [0.4, 0.5) is 17.6 Å². The zero-order valence-electron chi connectivity index (χ0n) is 20.5. The quantitative estimate of drug-likeness (QED) is 0.249. The van der Waals surface area contributed by atoms with Gasteiger partial charge in [-0.25, -0.2) is 22.2 Å². The number of hydrogen-bond donors (Lipinski definition) is 1. The molecule has 14 heteroatoms. The van der Waals surface area contributed by atoms with Gasteiger partial charge in [0.05, 0.1) is 28.3 Å². The van der Waals surface area contributed by atoms with Crippen molar-refractivity contribution in [1.29, 1.82) is 0 Å². The summed E-state index contributed by atoms with van der Waals surface area (Å²) < 4.78 is 88.8. The van der Waals surface area contributed by atoms with Crippen molar-refractivity contribution < 1.29 is 30.7 Å². The fourth-order valence-corrected chi connectivity index (χ4v) is 6.43. The molecule has 0 aliphatic rings. The summed E-state index contributed by atoms with van der Waals surface area (Å²) in [6.07, 6.45) is -2.93. The molecule has 3 heterocycles. The average Bonchev–Trinajstić information content (AvgIpc) is 3.61. The minimum absolute atomic E-state index is 0.0181. The molecule has 39 heavy (non-hydrogen) atoms. The van der Waals surface area contributed by atoms with E-state index < -0.39 is 27.9 Å². The second-order valence-electron chi connectivity index (χ2n) is 8.74. The number of halogens is 4. The predicted octanol–water partition coefficient (Wildman–Crippen LogP) is 5.39. The molecular weight excluding hydrogens is 558 g/mol. The van der Waals surface area contributed by atoms with Gasteiger partial charge in [-0.3, -0.25) is 4.68 Å². The smallest absolute Gasteiger partial charge is 0.433 e. The fourth-order valence-electron chi connectivity index (χ4n) is 3.92. The second kappa shape index (κ2) is 10.1. The molecule has 5 rings (SSSR count). The zero-order chi connectivity index (χ0) is 27.9. The Bertz CT molecular complexity index is 1740. The van der Waals surface area contributed by atoms with Crippen LogP contribution in [0.2, 0.25) is 0 Å². The Hall–Kier alpha value is -3.75. The van der Waals surface area contributed by atoms with E-state index in [0.717, 1.165) is 28.3 Å². The number of benzene rings is 2. The van der Waals surface area contributed by atoms with Crippen molar-refractivity contribution in [3.05, 3.63) is 78.4 Å². The zero-order valence-corrected chi connectivity index (χ0v) is 22.1. The Morgan fingerprint density at radius 2 is 1.82 bits per heavy atom. The highest BCUT2D eigenvalue weighted by molar-refractivity contribution is 7.91. The lowest BCUT2D eigenvalue weighted by Crippen LogP contribution is -2.36. The van der Waals surface area contributed by atoms with Crippen LogP contribution in [0, 0.1) is 5.82 Å². The average molecular weight is 580 g/mol. The summed E-state index contributed by atoms with van der Waals surface area (Å²) >= 11 is 0.820. The van der Waals surface area contributed by atoms with E-state index in [4.69, 9.17) is 4.74 Å². The van der Waals surface area contributed by atoms with Crippen LogP contribution in [0.3, 0.4) is 0 Å². The maximum atomic E-state index is 13.2. The van der Waals surface area contributed by atoms with Crippen molar-refractivity contribution in [1.82, 2.24) is 24.3 Å². The number of thiophene rings is 1. The van der Waals surface area contributed by atoms with Gasteiger partial charge in [0.25, 0.3) is 0 Å². The summed E-state index contributed by atoms with van der Waals surface area (Å²) in [4.78, 5) is 0.292. The lowest BCUT2D eigenvalue weighted by atomic mass is 10.2. The molecule has 0 saturated carbocycles. The first-order valence-electron chi connectivity index (χ1n) is 11.5. The number of nitrogens with zero attached hydrogens (tertiary/aromatic N) is 4. The molecule has 0 unspecified atom stereocenters. The minimum atomic E-state index is -4.57. The minimum Gasteiger partial charge on any atom is -0.492 e. The van der Waals surface area contributed by atoms with Crippen molar-refractivity contribution in [2.24, 2.45) is 7.05 Å². The molecule has 0 aliphatic heterocycles. The molecule has 3 aromatic heterocycles. The van der Waals surface area contributed by atoms with Gasteiger partial charge in [-0.05, 0) is 67.6 Å². The van der Waals surface area contributed by atoms with E-state index in [1.165, 1.54) is 31.3 Å². The van der Waals surface area contributed by atoms with Crippen LogP contribution in [0.25, 0.3) is 27.2 Å². The summed E-state index contributed by atoms with van der Waals surface area (Å²) in [7, 11) is -2.78. The van der Waals surface area contributed by atoms with Crippen molar-refractivity contribution in [3.8, 4) is 22.0 Å². The van der Waals surface area contributed by atoms with E-state index in [9.17, 15) is 26.0 Å². The van der Waals surface area contributed by atoms with Gasteiger partial charge in [-0.15, -0.1) is 11.3 Å². The second-order valence-corrected chi connectivity index (χ2v) is 11.8. The highest BCUT2D eigenvalue weighted by atomic mass is 32.2. The summed E-state index contributed by atoms with van der Waals surface area (Å²) in [5, 5.41) is 8.98. The standard InChI is InChI=1S/C25H21F4N5O3S2/c1-15(14-37-19-7-8-21-16(11-19)13-30-34(21)18-5-3-17(26)4-6-18)32-39(35,36)24-10-9-22(38-24)20-12-23(25(27,28)29)33(2)31-20/h3-13,15,32H,14H2,1-2H3/t15-/m0/s1. The Morgan fingerprint density at radius 3 is 2.51 bits per heavy atom. The largest absolute Gasteiger partial charge is 0.492 e. The summed E-state index contributed by atoms with van der Waals surface area (Å²) in [6, 6.07) is 14.2. The number of rotatable bonds is 8. The van der Waals surface area contributed by atoms with Crippen LogP contribution in [-0.4, -0.2) is 40.6 Å². The van der Waals surface area contributed by atoms with Crippen LogP contribution < -0.4 is 9.46 Å². The van der Waals surface area contributed by atoms with Gasteiger partial charge in [0, 0.05) is 12.4 Å². The summed E-state index contributed by atoms with van der Waals surface area (Å²) in [5.74, 6) is 0.157. The van der Waals surface area contributed by atoms with Crippen molar-refractivity contribution in [2.75, 3.05) is 6.61 Å². The molecule has 0 aliphatic carbocycles. The third kappa shape index (κ3) is 5.67. The summed E-state index contributed by atoms with van der Waals surface area (Å²) in [5.41, 5.74) is 0.584. The lowest BCUT2D eigenvalue weighted by molar-refractivity contribution is -0.143. The molecule has 0 amide bonds. The molecule has 0 saturated heterocycles. The van der Waals surface area contributed by atoms with Gasteiger partial charge in [-0.2, -0.15) is 23.4 Å². The van der Waals surface area contributed by atoms with Crippen molar-refractivity contribution >= 4 is 32.3 Å². The molecule has 0 bridgehead atoms. The normalized spacial score (nSPS) is 13.2. The van der Waals surface area contributed by atoms with Crippen LogP contribution in [0.15, 0.2) is 71.1 Å². The molecule has 0 fully saturated rings. The molecular formula is C25H21F4N5O3S2. The predicted molar refractivity (Wildman–Crippen MR) is 138 cm³/mol. The number of fused-ring (bicyclic) bond motifs is 1. The number of nitrogens with one attached hydrogen (secondary N) is 1. The topological polar surface area (TPSA) is 91.0 Å². The number of aromatic nitrogens is 4. The highest BCUT2D eigenvalue weighted by Crippen LogP contribution is 2.35. The number of hydrogen-bond acceptors (Lipinski definition) is 6. The van der Waals surface area contributed by atoms with E-state index in [2.05, 4.69) is 14.9 Å². The Morgan fingerprint density at radius 1 is 1.08 bits per heavy atom. The number of alkyl halides is 3. The van der Waals surface area contributed by atoms with Gasteiger partial charge in [-0.1, -0.05) is 0 Å². The monoisotopic (exact) mass is 579 g/mol. The fraction of sp³-hybridized carbons (Fsp3) is 0.200. The molecule has 2 aromatic carbocycles. The molecule has 1 N–H and O–H groups in total. The molecule has 0 spiro atoms. The van der Waals surface area contributed by atoms with Gasteiger partial charge < -0.3 is 4.74 Å². The van der Waals surface area contributed by atoms with Crippen molar-refractivity contribution in [2.45, 2.75) is 23.4 Å². The third-order valence-corrected chi connectivity index (χ3v) is 8.93. The van der Waals surface area contributed by atoms with Gasteiger partial charge >= 0.3 is 6.18 Å². The maximum absolute atomic E-state index is 13.2. The molecule has 204 valence electrons. The first kappa shape index (κ1) is 26.8.